The fraction of sp³-hybridized carbons (Fsp3) is 0.417. The van der Waals surface area contributed by atoms with E-state index in [0.717, 1.165) is 30.2 Å². The molecule has 2 aromatic carbocycles. The molecule has 8 heteroatoms. The number of methoxy groups -OCH3 is 1. The number of hydrogen-bond donors (Lipinski definition) is 2. The zero-order valence-corrected chi connectivity index (χ0v) is 21.9. The Hall–Kier alpha value is -2.49. The molecule has 1 atom stereocenters. The molecule has 0 saturated heterocycles. The maximum atomic E-state index is 11.7. The Morgan fingerprint density at radius 1 is 1.09 bits per heavy atom. The van der Waals surface area contributed by atoms with E-state index in [2.05, 4.69) is 34.7 Å². The van der Waals surface area contributed by atoms with Gasteiger partial charge in [0.15, 0.2) is 12.6 Å². The number of carbonyl (C=O) groups is 1. The van der Waals surface area contributed by atoms with Gasteiger partial charge in [0.05, 0.1) is 7.11 Å². The second-order valence-corrected chi connectivity index (χ2v) is 7.54. The summed E-state index contributed by atoms with van der Waals surface area (Å²) in [4.78, 5) is 17.5. The molecule has 2 N–H and O–H groups in total. The molecule has 0 heterocycles. The van der Waals surface area contributed by atoms with Crippen LogP contribution in [0.5, 0.6) is 11.5 Å². The summed E-state index contributed by atoms with van der Waals surface area (Å²) in [6.07, 6.45) is 0.982. The zero-order chi connectivity index (χ0) is 22.6. The number of amides is 1. The predicted octanol–water partition coefficient (Wildman–Crippen LogP) is 3.64. The van der Waals surface area contributed by atoms with E-state index in [4.69, 9.17) is 9.47 Å². The molecule has 0 aliphatic heterocycles. The number of halogens is 1. The Bertz CT molecular complexity index is 857. The topological polar surface area (TPSA) is 75.2 Å². The highest BCUT2D eigenvalue weighted by molar-refractivity contribution is 14.0. The molecule has 0 radical (unpaired) electrons. The lowest BCUT2D eigenvalue weighted by atomic mass is 9.98. The molecule has 7 nitrogen and oxygen atoms in total. The Morgan fingerprint density at radius 3 is 2.44 bits per heavy atom. The van der Waals surface area contributed by atoms with Crippen molar-refractivity contribution in [1.29, 1.82) is 0 Å². The van der Waals surface area contributed by atoms with Gasteiger partial charge in [-0.25, -0.2) is 0 Å². The van der Waals surface area contributed by atoms with Crippen LogP contribution in [-0.4, -0.2) is 58.2 Å². The lowest BCUT2D eigenvalue weighted by molar-refractivity contribution is -0.130. The Morgan fingerprint density at radius 2 is 1.81 bits per heavy atom. The fourth-order valence-electron chi connectivity index (χ4n) is 2.93. The predicted molar refractivity (Wildman–Crippen MR) is 140 cm³/mol. The molecule has 0 fully saturated rings. The van der Waals surface area contributed by atoms with Gasteiger partial charge in [-0.05, 0) is 47.7 Å². The van der Waals surface area contributed by atoms with Crippen LogP contribution in [0.2, 0.25) is 0 Å². The van der Waals surface area contributed by atoms with Crippen molar-refractivity contribution in [2.24, 2.45) is 4.99 Å². The number of nitrogens with zero attached hydrogens (tertiary/aromatic N) is 2. The van der Waals surface area contributed by atoms with Crippen LogP contribution in [0, 0.1) is 0 Å². The minimum absolute atomic E-state index is 0. The number of aliphatic imine (C=N–C) groups is 1. The number of hydrogen-bond acceptors (Lipinski definition) is 4. The summed E-state index contributed by atoms with van der Waals surface area (Å²) in [5, 5.41) is 6.68. The van der Waals surface area contributed by atoms with Crippen LogP contribution in [-0.2, 0) is 11.3 Å². The number of likely N-dealkylation sites (N-methyl/N-ethyl adjacent to an activating group) is 1. The zero-order valence-electron chi connectivity index (χ0n) is 19.6. The van der Waals surface area contributed by atoms with Crippen LogP contribution in [0.15, 0.2) is 53.5 Å². The van der Waals surface area contributed by atoms with Crippen LogP contribution in [0.3, 0.4) is 0 Å². The molecule has 0 bridgehead atoms. The monoisotopic (exact) mass is 554 g/mol. The minimum atomic E-state index is -0.0722. The van der Waals surface area contributed by atoms with E-state index in [1.54, 1.807) is 28.3 Å². The molecule has 2 rings (SSSR count). The maximum absolute atomic E-state index is 11.7. The van der Waals surface area contributed by atoms with E-state index in [-0.39, 0.29) is 36.5 Å². The van der Waals surface area contributed by atoms with Gasteiger partial charge in [-0.3, -0.25) is 9.79 Å². The Kier molecular flexibility index (Phi) is 12.5. The van der Waals surface area contributed by atoms with Gasteiger partial charge in [-0.15, -0.1) is 24.0 Å². The quantitative estimate of drug-likeness (QED) is 0.267. The van der Waals surface area contributed by atoms with Crippen molar-refractivity contribution in [3.63, 3.8) is 0 Å². The van der Waals surface area contributed by atoms with Gasteiger partial charge in [0.25, 0.3) is 5.91 Å². The molecule has 1 amide bonds. The van der Waals surface area contributed by atoms with Crippen molar-refractivity contribution in [2.75, 3.05) is 41.4 Å². The van der Waals surface area contributed by atoms with E-state index >= 15 is 0 Å². The summed E-state index contributed by atoms with van der Waals surface area (Å²) in [6.45, 7) is 3.65. The second kappa shape index (κ2) is 14.5. The third kappa shape index (κ3) is 9.33. The number of ether oxygens (including phenoxy) is 2. The SMILES string of the molecule is CN=C(NCCC(C)c1ccc(OC)cc1)NCc1cccc(OCC(=O)N(C)C)c1.I. The van der Waals surface area contributed by atoms with Crippen molar-refractivity contribution >= 4 is 35.8 Å². The smallest absolute Gasteiger partial charge is 0.259 e. The number of benzene rings is 2. The van der Waals surface area contributed by atoms with Crippen LogP contribution in [0.4, 0.5) is 0 Å². The van der Waals surface area contributed by atoms with Crippen molar-refractivity contribution < 1.29 is 14.3 Å². The maximum Gasteiger partial charge on any atom is 0.259 e. The molecule has 176 valence electrons. The lowest BCUT2D eigenvalue weighted by Gasteiger charge is -2.16. The molecule has 0 aromatic heterocycles. The van der Waals surface area contributed by atoms with E-state index in [1.165, 1.54) is 10.5 Å². The average Bonchev–Trinajstić information content (AvgIpc) is 2.79. The highest BCUT2D eigenvalue weighted by atomic mass is 127. The van der Waals surface area contributed by atoms with Gasteiger partial charge in [-0.2, -0.15) is 0 Å². The third-order valence-electron chi connectivity index (χ3n) is 5.00. The molecule has 2 aromatic rings. The first-order valence-electron chi connectivity index (χ1n) is 10.4. The van der Waals surface area contributed by atoms with E-state index in [0.29, 0.717) is 18.2 Å². The minimum Gasteiger partial charge on any atom is -0.497 e. The number of rotatable bonds is 10. The first-order valence-corrected chi connectivity index (χ1v) is 10.4. The molecule has 0 spiro atoms. The first-order chi connectivity index (χ1) is 14.9. The molecule has 1 unspecified atom stereocenters. The summed E-state index contributed by atoms with van der Waals surface area (Å²) in [6, 6.07) is 15.9. The average molecular weight is 554 g/mol. The summed E-state index contributed by atoms with van der Waals surface area (Å²) in [5.74, 6) is 2.64. The highest BCUT2D eigenvalue weighted by Crippen LogP contribution is 2.21. The van der Waals surface area contributed by atoms with Crippen molar-refractivity contribution in [2.45, 2.75) is 25.8 Å². The molecular weight excluding hydrogens is 519 g/mol. The third-order valence-corrected chi connectivity index (χ3v) is 5.00. The van der Waals surface area contributed by atoms with Gasteiger partial charge in [0.2, 0.25) is 0 Å². The van der Waals surface area contributed by atoms with Crippen LogP contribution in [0.1, 0.15) is 30.4 Å². The highest BCUT2D eigenvalue weighted by Gasteiger charge is 2.08. The summed E-state index contributed by atoms with van der Waals surface area (Å²) in [7, 11) is 6.86. The fourth-order valence-corrected chi connectivity index (χ4v) is 2.93. The van der Waals surface area contributed by atoms with Gasteiger partial charge >= 0.3 is 0 Å². The van der Waals surface area contributed by atoms with Gasteiger partial charge in [-0.1, -0.05) is 31.2 Å². The molecular formula is C24H35IN4O3. The normalized spacial score (nSPS) is 11.7. The first kappa shape index (κ1) is 27.5. The molecule has 0 aliphatic carbocycles. The van der Waals surface area contributed by atoms with E-state index in [9.17, 15) is 4.79 Å². The van der Waals surface area contributed by atoms with Gasteiger partial charge < -0.3 is 25.0 Å². The molecule has 32 heavy (non-hydrogen) atoms. The summed E-state index contributed by atoms with van der Waals surface area (Å²) < 4.78 is 10.8. The Labute approximate surface area is 208 Å². The number of nitrogens with one attached hydrogen (secondary N) is 2. The van der Waals surface area contributed by atoms with Gasteiger partial charge in [0, 0.05) is 34.2 Å². The van der Waals surface area contributed by atoms with Crippen LogP contribution in [0.25, 0.3) is 0 Å². The second-order valence-electron chi connectivity index (χ2n) is 7.54. The van der Waals surface area contributed by atoms with Crippen molar-refractivity contribution in [3.8, 4) is 11.5 Å². The number of carbonyl (C=O) groups excluding carboxylic acids is 1. The van der Waals surface area contributed by atoms with Crippen molar-refractivity contribution in [1.82, 2.24) is 15.5 Å². The van der Waals surface area contributed by atoms with E-state index < -0.39 is 0 Å². The van der Waals surface area contributed by atoms with E-state index in [1.807, 2.05) is 36.4 Å². The lowest BCUT2D eigenvalue weighted by Crippen LogP contribution is -2.37. The summed E-state index contributed by atoms with van der Waals surface area (Å²) in [5.41, 5.74) is 2.33. The van der Waals surface area contributed by atoms with Crippen LogP contribution < -0.4 is 20.1 Å². The largest absolute Gasteiger partial charge is 0.497 e. The number of guanidine groups is 1. The summed E-state index contributed by atoms with van der Waals surface area (Å²) >= 11 is 0. The molecule has 0 aliphatic rings. The Balaban J connectivity index is 0.00000512. The standard InChI is InChI=1S/C24H34N4O3.HI/c1-18(20-9-11-21(30-5)12-10-20)13-14-26-24(25-2)27-16-19-7-6-8-22(15-19)31-17-23(29)28(3)4;/h6-12,15,18H,13-14,16-17H2,1-5H3,(H2,25,26,27);1H. The van der Waals surface area contributed by atoms with Crippen molar-refractivity contribution in [3.05, 3.63) is 59.7 Å². The van der Waals surface area contributed by atoms with Gasteiger partial charge in [0.1, 0.15) is 11.5 Å². The van der Waals surface area contributed by atoms with Crippen LogP contribution >= 0.6 is 24.0 Å². The molecule has 0 saturated carbocycles.